The Morgan fingerprint density at radius 1 is 1.37 bits per heavy atom. The minimum atomic E-state index is -0.362. The van der Waals surface area contributed by atoms with E-state index in [1.54, 1.807) is 0 Å². The lowest BCUT2D eigenvalue weighted by atomic mass is 10.1. The highest BCUT2D eigenvalue weighted by Gasteiger charge is 2.19. The highest BCUT2D eigenvalue weighted by Crippen LogP contribution is 2.21. The van der Waals surface area contributed by atoms with Crippen LogP contribution in [0.2, 0.25) is 0 Å². The number of likely N-dealkylation sites (tertiary alicyclic amines) is 1. The fourth-order valence-electron chi connectivity index (χ4n) is 2.35. The van der Waals surface area contributed by atoms with E-state index in [2.05, 4.69) is 17.1 Å². The average Bonchev–Trinajstić information content (AvgIpc) is 2.92. The Morgan fingerprint density at radius 2 is 2.05 bits per heavy atom. The number of carbonyl (C=O) groups excluding carboxylic acids is 1. The maximum atomic E-state index is 11.9. The average molecular weight is 264 g/mol. The van der Waals surface area contributed by atoms with E-state index in [4.69, 9.17) is 0 Å². The molecule has 1 amide bonds. The molecule has 0 aliphatic carbocycles. The van der Waals surface area contributed by atoms with Crippen molar-refractivity contribution in [2.75, 3.05) is 19.6 Å². The molecule has 3 N–H and O–H groups in total. The van der Waals surface area contributed by atoms with Crippen molar-refractivity contribution in [3.8, 4) is 11.5 Å². The molecular formula is C14H20N2O3. The highest BCUT2D eigenvalue weighted by molar-refractivity contribution is 5.97. The van der Waals surface area contributed by atoms with Gasteiger partial charge in [-0.2, -0.15) is 0 Å². The van der Waals surface area contributed by atoms with E-state index < -0.39 is 0 Å². The van der Waals surface area contributed by atoms with Gasteiger partial charge in [-0.15, -0.1) is 0 Å². The van der Waals surface area contributed by atoms with Crippen LogP contribution in [0.1, 0.15) is 30.1 Å². The number of phenolic OH excluding ortho intramolecular Hbond substituents is 2. The summed E-state index contributed by atoms with van der Waals surface area (Å²) < 4.78 is 0. The molecule has 1 fully saturated rings. The number of benzene rings is 1. The van der Waals surface area contributed by atoms with Crippen molar-refractivity contribution in [1.29, 1.82) is 0 Å². The van der Waals surface area contributed by atoms with Gasteiger partial charge in [-0.3, -0.25) is 9.69 Å². The maximum absolute atomic E-state index is 11.9. The molecule has 0 radical (unpaired) electrons. The molecule has 1 aliphatic heterocycles. The third kappa shape index (κ3) is 3.38. The monoisotopic (exact) mass is 264 g/mol. The van der Waals surface area contributed by atoms with E-state index in [1.165, 1.54) is 31.0 Å². The molecule has 19 heavy (non-hydrogen) atoms. The number of phenols is 2. The minimum Gasteiger partial charge on any atom is -0.508 e. The van der Waals surface area contributed by atoms with Crippen molar-refractivity contribution in [3.05, 3.63) is 23.8 Å². The predicted octanol–water partition coefficient (Wildman–Crippen LogP) is 1.31. The van der Waals surface area contributed by atoms with E-state index in [9.17, 15) is 15.0 Å². The Morgan fingerprint density at radius 3 is 2.74 bits per heavy atom. The zero-order valence-corrected chi connectivity index (χ0v) is 11.1. The van der Waals surface area contributed by atoms with Gasteiger partial charge in [-0.1, -0.05) is 0 Å². The molecule has 0 aromatic heterocycles. The van der Waals surface area contributed by atoms with Gasteiger partial charge >= 0.3 is 0 Å². The number of carbonyl (C=O) groups is 1. The van der Waals surface area contributed by atoms with Crippen molar-refractivity contribution in [3.63, 3.8) is 0 Å². The summed E-state index contributed by atoms with van der Waals surface area (Å²) in [6, 6.07) is 4.21. The van der Waals surface area contributed by atoms with Crippen LogP contribution in [0.25, 0.3) is 0 Å². The maximum Gasteiger partial charge on any atom is 0.255 e. The summed E-state index contributed by atoms with van der Waals surface area (Å²) in [4.78, 5) is 14.3. The Bertz CT molecular complexity index is 456. The first-order valence-electron chi connectivity index (χ1n) is 6.62. The first-order chi connectivity index (χ1) is 9.08. The zero-order chi connectivity index (χ0) is 13.8. The van der Waals surface area contributed by atoms with Crippen LogP contribution < -0.4 is 5.32 Å². The molecule has 1 aliphatic rings. The van der Waals surface area contributed by atoms with Crippen molar-refractivity contribution in [1.82, 2.24) is 10.2 Å². The standard InChI is InChI=1S/C14H20N2O3/c1-10(16-6-2-3-7-16)9-15-14(19)12-8-11(17)4-5-13(12)18/h4-5,8,10,17-18H,2-3,6-7,9H2,1H3,(H,15,19). The number of aromatic hydroxyl groups is 2. The van der Waals surface area contributed by atoms with E-state index >= 15 is 0 Å². The highest BCUT2D eigenvalue weighted by atomic mass is 16.3. The lowest BCUT2D eigenvalue weighted by Crippen LogP contribution is -2.40. The van der Waals surface area contributed by atoms with Gasteiger partial charge in [0, 0.05) is 12.6 Å². The first kappa shape index (κ1) is 13.7. The SMILES string of the molecule is CC(CNC(=O)c1cc(O)ccc1O)N1CCCC1. The van der Waals surface area contributed by atoms with Gasteiger partial charge in [-0.25, -0.2) is 0 Å². The van der Waals surface area contributed by atoms with Crippen LogP contribution in [0.5, 0.6) is 11.5 Å². The van der Waals surface area contributed by atoms with Gasteiger partial charge in [0.15, 0.2) is 0 Å². The minimum absolute atomic E-state index is 0.0319. The molecular weight excluding hydrogens is 244 g/mol. The molecule has 1 heterocycles. The van der Waals surface area contributed by atoms with Crippen LogP contribution in [0.4, 0.5) is 0 Å². The van der Waals surface area contributed by atoms with Crippen LogP contribution in [-0.4, -0.2) is 46.7 Å². The number of nitrogens with one attached hydrogen (secondary N) is 1. The smallest absolute Gasteiger partial charge is 0.255 e. The summed E-state index contributed by atoms with van der Waals surface area (Å²) in [5.74, 6) is -0.515. The van der Waals surface area contributed by atoms with Crippen LogP contribution >= 0.6 is 0 Å². The summed E-state index contributed by atoms with van der Waals surface area (Å²) in [6.45, 7) is 4.77. The Labute approximate surface area is 112 Å². The van der Waals surface area contributed by atoms with Crippen LogP contribution in [0.15, 0.2) is 18.2 Å². The third-order valence-corrected chi connectivity index (χ3v) is 3.55. The Balaban J connectivity index is 1.91. The molecule has 1 aromatic carbocycles. The van der Waals surface area contributed by atoms with Crippen LogP contribution in [0, 0.1) is 0 Å². The van der Waals surface area contributed by atoms with Gasteiger partial charge in [0.1, 0.15) is 11.5 Å². The molecule has 0 spiro atoms. The molecule has 1 unspecified atom stereocenters. The molecule has 104 valence electrons. The summed E-state index contributed by atoms with van der Waals surface area (Å²) >= 11 is 0. The molecule has 1 atom stereocenters. The quantitative estimate of drug-likeness (QED) is 0.717. The normalized spacial score (nSPS) is 17.3. The number of hydrogen-bond donors (Lipinski definition) is 3. The van der Waals surface area contributed by atoms with Crippen molar-refractivity contribution in [2.45, 2.75) is 25.8 Å². The molecule has 0 saturated carbocycles. The van der Waals surface area contributed by atoms with E-state index in [-0.39, 0.29) is 29.0 Å². The number of amides is 1. The lowest BCUT2D eigenvalue weighted by Gasteiger charge is -2.23. The summed E-state index contributed by atoms with van der Waals surface area (Å²) in [5.41, 5.74) is 0.105. The number of nitrogens with zero attached hydrogens (tertiary/aromatic N) is 1. The van der Waals surface area contributed by atoms with Crippen molar-refractivity contribution in [2.24, 2.45) is 0 Å². The van der Waals surface area contributed by atoms with E-state index in [0.717, 1.165) is 13.1 Å². The second-order valence-corrected chi connectivity index (χ2v) is 5.00. The van der Waals surface area contributed by atoms with E-state index in [0.29, 0.717) is 6.54 Å². The number of rotatable bonds is 4. The Kier molecular flexibility index (Phi) is 4.27. The third-order valence-electron chi connectivity index (χ3n) is 3.55. The van der Waals surface area contributed by atoms with Gasteiger partial charge in [-0.05, 0) is 51.1 Å². The van der Waals surface area contributed by atoms with Crippen LogP contribution in [-0.2, 0) is 0 Å². The van der Waals surface area contributed by atoms with E-state index in [1.807, 2.05) is 0 Å². The van der Waals surface area contributed by atoms with Gasteiger partial charge in [0.05, 0.1) is 5.56 Å². The molecule has 1 aromatic rings. The van der Waals surface area contributed by atoms with Crippen LogP contribution in [0.3, 0.4) is 0 Å². The Hall–Kier alpha value is -1.75. The second kappa shape index (κ2) is 5.93. The molecule has 0 bridgehead atoms. The van der Waals surface area contributed by atoms with Crippen molar-refractivity contribution >= 4 is 5.91 Å². The molecule has 5 nitrogen and oxygen atoms in total. The molecule has 1 saturated heterocycles. The van der Waals surface area contributed by atoms with Gasteiger partial charge in [0.2, 0.25) is 0 Å². The van der Waals surface area contributed by atoms with Gasteiger partial charge < -0.3 is 15.5 Å². The van der Waals surface area contributed by atoms with Crippen molar-refractivity contribution < 1.29 is 15.0 Å². The summed E-state index contributed by atoms with van der Waals surface area (Å²) in [7, 11) is 0. The number of hydrogen-bond acceptors (Lipinski definition) is 4. The molecule has 2 rings (SSSR count). The lowest BCUT2D eigenvalue weighted by molar-refractivity contribution is 0.0937. The predicted molar refractivity (Wildman–Crippen MR) is 72.4 cm³/mol. The fourth-order valence-corrected chi connectivity index (χ4v) is 2.35. The summed E-state index contributed by atoms with van der Waals surface area (Å²) in [6.07, 6.45) is 2.43. The molecule has 5 heteroatoms. The topological polar surface area (TPSA) is 72.8 Å². The zero-order valence-electron chi connectivity index (χ0n) is 11.1. The fraction of sp³-hybridized carbons (Fsp3) is 0.500. The second-order valence-electron chi connectivity index (χ2n) is 5.00. The summed E-state index contributed by atoms with van der Waals surface area (Å²) in [5, 5.41) is 21.7. The first-order valence-corrected chi connectivity index (χ1v) is 6.62. The largest absolute Gasteiger partial charge is 0.508 e. The van der Waals surface area contributed by atoms with Gasteiger partial charge in [0.25, 0.3) is 5.91 Å².